The molecule has 7 rings (SSSR count). The fraction of sp³-hybridized carbons (Fsp3) is 0.0667. The maximum Gasteiger partial charge on any atom is 0.118 e. The number of hydrogen-bond donors (Lipinski definition) is 0. The van der Waals surface area contributed by atoms with Crippen LogP contribution in [0.5, 0.6) is 0 Å². The first-order valence-electron chi connectivity index (χ1n) is 11.3. The van der Waals surface area contributed by atoms with Crippen molar-refractivity contribution in [2.45, 2.75) is 6.92 Å². The standard InChI is InChI=1S/C30H22N2/c1-2-31-28-17-22-11-5-3-9-20(22)15-25(28)26-16-21-10-4-6-12-23(21)18-29(26)32-27-14-8-7-13-24(27)19-30(31)32/h3-19H,2H2,1H3. The lowest BCUT2D eigenvalue weighted by atomic mass is 9.95. The van der Waals surface area contributed by atoms with Crippen molar-refractivity contribution < 1.29 is 0 Å². The second-order valence-electron chi connectivity index (χ2n) is 8.57. The molecule has 0 spiro atoms. The average molecular weight is 411 g/mol. The Morgan fingerprint density at radius 2 is 1.03 bits per heavy atom. The molecule has 1 aliphatic rings. The largest absolute Gasteiger partial charge is 0.327 e. The summed E-state index contributed by atoms with van der Waals surface area (Å²) < 4.78 is 2.45. The molecule has 0 fully saturated rings. The molecule has 1 aliphatic heterocycles. The second kappa shape index (κ2) is 6.48. The van der Waals surface area contributed by atoms with Gasteiger partial charge in [-0.25, -0.2) is 0 Å². The molecule has 0 atom stereocenters. The molecule has 0 saturated heterocycles. The smallest absolute Gasteiger partial charge is 0.118 e. The molecule has 0 unspecified atom stereocenters. The summed E-state index contributed by atoms with van der Waals surface area (Å²) in [7, 11) is 0. The summed E-state index contributed by atoms with van der Waals surface area (Å²) in [5, 5.41) is 6.36. The zero-order valence-electron chi connectivity index (χ0n) is 17.9. The van der Waals surface area contributed by atoms with E-state index >= 15 is 0 Å². The van der Waals surface area contributed by atoms with Crippen molar-refractivity contribution >= 4 is 44.0 Å². The van der Waals surface area contributed by atoms with E-state index in [1.165, 1.54) is 60.8 Å². The molecule has 1 aromatic heterocycles. The van der Waals surface area contributed by atoms with Crippen molar-refractivity contribution in [3.05, 3.63) is 103 Å². The Balaban J connectivity index is 1.71. The van der Waals surface area contributed by atoms with Crippen molar-refractivity contribution in [3.8, 4) is 16.8 Å². The highest BCUT2D eigenvalue weighted by molar-refractivity contribution is 6.04. The molecule has 0 N–H and O–H groups in total. The zero-order valence-corrected chi connectivity index (χ0v) is 17.9. The number of anilines is 2. The van der Waals surface area contributed by atoms with Gasteiger partial charge in [-0.3, -0.25) is 4.57 Å². The monoisotopic (exact) mass is 410 g/mol. The first-order valence-corrected chi connectivity index (χ1v) is 11.3. The summed E-state index contributed by atoms with van der Waals surface area (Å²) in [5.74, 6) is 1.22. The van der Waals surface area contributed by atoms with Crippen LogP contribution in [0, 0.1) is 0 Å². The lowest BCUT2D eigenvalue weighted by Gasteiger charge is -2.24. The van der Waals surface area contributed by atoms with Gasteiger partial charge in [-0.2, -0.15) is 0 Å². The molecule has 2 heterocycles. The predicted molar refractivity (Wildman–Crippen MR) is 136 cm³/mol. The van der Waals surface area contributed by atoms with E-state index in [-0.39, 0.29) is 0 Å². The molecule has 2 nitrogen and oxygen atoms in total. The molecule has 0 radical (unpaired) electrons. The maximum absolute atomic E-state index is 2.46. The highest BCUT2D eigenvalue weighted by Gasteiger charge is 2.26. The zero-order chi connectivity index (χ0) is 21.2. The second-order valence-corrected chi connectivity index (χ2v) is 8.57. The van der Waals surface area contributed by atoms with E-state index in [1.54, 1.807) is 0 Å². The highest BCUT2D eigenvalue weighted by atomic mass is 15.3. The molecule has 152 valence electrons. The fourth-order valence-corrected chi connectivity index (χ4v) is 5.34. The summed E-state index contributed by atoms with van der Waals surface area (Å²) in [5.41, 5.74) is 6.33. The fourth-order valence-electron chi connectivity index (χ4n) is 5.34. The van der Waals surface area contributed by atoms with Crippen LogP contribution in [0.15, 0.2) is 103 Å². The summed E-state index contributed by atoms with van der Waals surface area (Å²) in [6.45, 7) is 3.14. The minimum Gasteiger partial charge on any atom is -0.327 e. The topological polar surface area (TPSA) is 8.17 Å². The van der Waals surface area contributed by atoms with E-state index < -0.39 is 0 Å². The maximum atomic E-state index is 2.46. The van der Waals surface area contributed by atoms with Crippen LogP contribution in [0.3, 0.4) is 0 Å². The van der Waals surface area contributed by atoms with Crippen LogP contribution in [-0.2, 0) is 0 Å². The van der Waals surface area contributed by atoms with E-state index in [9.17, 15) is 0 Å². The summed E-state index contributed by atoms with van der Waals surface area (Å²) in [6.07, 6.45) is 0. The molecule has 2 heteroatoms. The molecule has 32 heavy (non-hydrogen) atoms. The van der Waals surface area contributed by atoms with Crippen LogP contribution < -0.4 is 4.90 Å². The van der Waals surface area contributed by atoms with Crippen molar-refractivity contribution in [1.82, 2.24) is 4.57 Å². The SMILES string of the molecule is CCN1c2cc3ccccc3cc2-c2cc3ccccc3cc2-n2c1cc1ccccc12. The number of hydrogen-bond acceptors (Lipinski definition) is 1. The lowest BCUT2D eigenvalue weighted by Crippen LogP contribution is -2.18. The van der Waals surface area contributed by atoms with Gasteiger partial charge in [-0.15, -0.1) is 0 Å². The Labute approximate surface area is 186 Å². The van der Waals surface area contributed by atoms with Crippen LogP contribution in [0.1, 0.15) is 6.92 Å². The Kier molecular flexibility index (Phi) is 3.57. The third-order valence-electron chi connectivity index (χ3n) is 6.83. The van der Waals surface area contributed by atoms with Gasteiger partial charge in [0.25, 0.3) is 0 Å². The number of aromatic nitrogens is 1. The van der Waals surface area contributed by atoms with Crippen molar-refractivity contribution in [2.75, 3.05) is 11.4 Å². The van der Waals surface area contributed by atoms with Crippen molar-refractivity contribution in [3.63, 3.8) is 0 Å². The Bertz CT molecular complexity index is 1670. The number of para-hydroxylation sites is 1. The van der Waals surface area contributed by atoms with Gasteiger partial charge in [0.05, 0.1) is 16.9 Å². The number of benzene rings is 5. The number of fused-ring (bicyclic) bond motifs is 9. The first kappa shape index (κ1) is 17.6. The molecular weight excluding hydrogens is 388 g/mol. The summed E-state index contributed by atoms with van der Waals surface area (Å²) >= 11 is 0. The van der Waals surface area contributed by atoms with Gasteiger partial charge < -0.3 is 4.90 Å². The van der Waals surface area contributed by atoms with Crippen LogP contribution in [0.4, 0.5) is 11.5 Å². The van der Waals surface area contributed by atoms with Crippen molar-refractivity contribution in [2.24, 2.45) is 0 Å². The van der Waals surface area contributed by atoms with Crippen LogP contribution in [0.2, 0.25) is 0 Å². The van der Waals surface area contributed by atoms with Crippen LogP contribution >= 0.6 is 0 Å². The van der Waals surface area contributed by atoms with Gasteiger partial charge in [-0.05, 0) is 64.9 Å². The Morgan fingerprint density at radius 1 is 0.531 bits per heavy atom. The van der Waals surface area contributed by atoms with Crippen molar-refractivity contribution in [1.29, 1.82) is 0 Å². The van der Waals surface area contributed by atoms with E-state index in [1.807, 2.05) is 0 Å². The van der Waals surface area contributed by atoms with Crippen LogP contribution in [-0.4, -0.2) is 11.1 Å². The third-order valence-corrected chi connectivity index (χ3v) is 6.83. The number of nitrogens with zero attached hydrogens (tertiary/aromatic N) is 2. The third kappa shape index (κ3) is 2.35. The molecule has 0 bridgehead atoms. The minimum atomic E-state index is 0.898. The normalized spacial score (nSPS) is 12.6. The van der Waals surface area contributed by atoms with E-state index in [0.29, 0.717) is 0 Å². The molecule has 6 aromatic rings. The molecular formula is C30H22N2. The summed E-state index contributed by atoms with van der Waals surface area (Å²) in [4.78, 5) is 2.46. The van der Waals surface area contributed by atoms with Gasteiger partial charge in [0.2, 0.25) is 0 Å². The lowest BCUT2D eigenvalue weighted by molar-refractivity contribution is 0.970. The number of rotatable bonds is 1. The Morgan fingerprint density at radius 3 is 1.66 bits per heavy atom. The van der Waals surface area contributed by atoms with E-state index in [2.05, 4.69) is 120 Å². The molecule has 0 aliphatic carbocycles. The van der Waals surface area contributed by atoms with Gasteiger partial charge in [-0.1, -0.05) is 66.7 Å². The molecule has 0 saturated carbocycles. The Hall–Kier alpha value is -4.04. The predicted octanol–water partition coefficient (Wildman–Crippen LogP) is 8.08. The molecule has 5 aromatic carbocycles. The van der Waals surface area contributed by atoms with Gasteiger partial charge in [0.1, 0.15) is 5.82 Å². The minimum absolute atomic E-state index is 0.898. The molecule has 0 amide bonds. The average Bonchev–Trinajstić information content (AvgIpc) is 3.18. The van der Waals surface area contributed by atoms with E-state index in [4.69, 9.17) is 0 Å². The summed E-state index contributed by atoms with van der Waals surface area (Å²) in [6, 6.07) is 37.9. The van der Waals surface area contributed by atoms with Gasteiger partial charge in [0, 0.05) is 23.1 Å². The van der Waals surface area contributed by atoms with Gasteiger partial charge >= 0.3 is 0 Å². The first-order chi connectivity index (χ1) is 15.8. The van der Waals surface area contributed by atoms with E-state index in [0.717, 1.165) is 6.54 Å². The highest BCUT2D eigenvalue weighted by Crippen LogP contribution is 2.47. The van der Waals surface area contributed by atoms with Gasteiger partial charge in [0.15, 0.2) is 0 Å². The van der Waals surface area contributed by atoms with Crippen LogP contribution in [0.25, 0.3) is 49.3 Å². The quantitative estimate of drug-likeness (QED) is 0.266.